The number of alkyl halides is 3. The normalized spacial score (nSPS) is 13.5. The van der Waals surface area contributed by atoms with Gasteiger partial charge in [0.1, 0.15) is 0 Å². The molecular formula is C28H23ClF3NO2. The van der Waals surface area contributed by atoms with Crippen LogP contribution in [0.5, 0.6) is 0 Å². The Balaban J connectivity index is 1.84. The number of rotatable bonds is 7. The summed E-state index contributed by atoms with van der Waals surface area (Å²) in [6.45, 7) is 2.08. The molecule has 0 saturated heterocycles. The van der Waals surface area contributed by atoms with E-state index in [1.165, 1.54) is 6.07 Å². The summed E-state index contributed by atoms with van der Waals surface area (Å²) in [6.07, 6.45) is -1.11. The van der Waals surface area contributed by atoms with E-state index in [1.807, 2.05) is 42.5 Å². The molecule has 4 aromatic rings. The minimum Gasteiger partial charge on any atom is -0.478 e. The first-order chi connectivity index (χ1) is 16.7. The zero-order chi connectivity index (χ0) is 25.2. The number of halogens is 4. The van der Waals surface area contributed by atoms with Gasteiger partial charge in [0.15, 0.2) is 0 Å². The van der Waals surface area contributed by atoms with Gasteiger partial charge in [-0.05, 0) is 71.5 Å². The number of benzene rings is 3. The van der Waals surface area contributed by atoms with Crippen molar-refractivity contribution < 1.29 is 23.1 Å². The second-order valence-electron chi connectivity index (χ2n) is 8.53. The van der Waals surface area contributed by atoms with E-state index in [9.17, 15) is 23.1 Å². The van der Waals surface area contributed by atoms with Crippen LogP contribution < -0.4 is 0 Å². The van der Waals surface area contributed by atoms with Crippen molar-refractivity contribution in [2.75, 3.05) is 0 Å². The van der Waals surface area contributed by atoms with Crippen LogP contribution in [0, 0.1) is 0 Å². The summed E-state index contributed by atoms with van der Waals surface area (Å²) >= 11 is 6.14. The number of fused-ring (bicyclic) bond motifs is 1. The molecule has 0 fully saturated rings. The quantitative estimate of drug-likeness (QED) is 0.279. The largest absolute Gasteiger partial charge is 0.478 e. The van der Waals surface area contributed by atoms with Crippen LogP contribution in [0.2, 0.25) is 5.02 Å². The molecule has 3 nitrogen and oxygen atoms in total. The van der Waals surface area contributed by atoms with E-state index < -0.39 is 17.7 Å². The molecule has 7 heteroatoms. The number of pyridine rings is 1. The number of carboxylic acids is 1. The zero-order valence-electron chi connectivity index (χ0n) is 18.9. The summed E-state index contributed by atoms with van der Waals surface area (Å²) in [4.78, 5) is 15.7. The van der Waals surface area contributed by atoms with E-state index in [0.717, 1.165) is 41.7 Å². The predicted molar refractivity (Wildman–Crippen MR) is 131 cm³/mol. The Morgan fingerprint density at radius 2 is 1.60 bits per heavy atom. The lowest BCUT2D eigenvalue weighted by molar-refractivity contribution is -0.137. The Morgan fingerprint density at radius 1 is 0.943 bits per heavy atom. The number of nitrogens with zero attached hydrogens (tertiary/aromatic N) is 1. The van der Waals surface area contributed by atoms with Gasteiger partial charge in [-0.25, -0.2) is 4.79 Å². The standard InChI is InChI=1S/C28H23ClF3NO2/c1-2-3-24(17-4-6-19(7-5-17)27(34)35)26(18-9-12-23(29)13-10-18)21-14-20-8-11-22(28(30,31)32)15-25(20)33-16-21/h4-16,24,26H,2-3H2,1H3,(H,34,35). The fraction of sp³-hybridized carbons (Fsp3) is 0.214. The second-order valence-corrected chi connectivity index (χ2v) is 8.96. The third kappa shape index (κ3) is 5.49. The maximum atomic E-state index is 13.2. The first-order valence-electron chi connectivity index (χ1n) is 11.2. The lowest BCUT2D eigenvalue weighted by Crippen LogP contribution is -2.14. The molecule has 0 aliphatic rings. The fourth-order valence-corrected chi connectivity index (χ4v) is 4.65. The number of hydrogen-bond donors (Lipinski definition) is 1. The monoisotopic (exact) mass is 497 g/mol. The van der Waals surface area contributed by atoms with Gasteiger partial charge in [-0.1, -0.05) is 55.3 Å². The van der Waals surface area contributed by atoms with Gasteiger partial charge in [0.25, 0.3) is 0 Å². The summed E-state index contributed by atoms with van der Waals surface area (Å²) in [6, 6.07) is 19.8. The van der Waals surface area contributed by atoms with Gasteiger partial charge in [-0.2, -0.15) is 13.2 Å². The minimum atomic E-state index is -4.44. The fourth-order valence-electron chi connectivity index (χ4n) is 4.52. The first-order valence-corrected chi connectivity index (χ1v) is 11.6. The van der Waals surface area contributed by atoms with Crippen molar-refractivity contribution in [2.45, 2.75) is 37.8 Å². The van der Waals surface area contributed by atoms with Crippen molar-refractivity contribution in [3.05, 3.63) is 112 Å². The highest BCUT2D eigenvalue weighted by molar-refractivity contribution is 6.30. The van der Waals surface area contributed by atoms with Crippen molar-refractivity contribution in [1.29, 1.82) is 0 Å². The molecule has 0 saturated carbocycles. The highest BCUT2D eigenvalue weighted by Crippen LogP contribution is 2.42. The van der Waals surface area contributed by atoms with Gasteiger partial charge >= 0.3 is 12.1 Å². The number of carbonyl (C=O) groups is 1. The molecule has 2 atom stereocenters. The van der Waals surface area contributed by atoms with E-state index >= 15 is 0 Å². The second kappa shape index (κ2) is 10.1. The summed E-state index contributed by atoms with van der Waals surface area (Å²) in [5.74, 6) is -1.17. The van der Waals surface area contributed by atoms with E-state index in [4.69, 9.17) is 11.6 Å². The van der Waals surface area contributed by atoms with Gasteiger partial charge in [0.2, 0.25) is 0 Å². The minimum absolute atomic E-state index is 0.0160. The summed E-state index contributed by atoms with van der Waals surface area (Å²) in [5.41, 5.74) is 2.57. The molecule has 2 unspecified atom stereocenters. The Bertz CT molecular complexity index is 1340. The Hall–Kier alpha value is -3.38. The van der Waals surface area contributed by atoms with Crippen molar-refractivity contribution >= 4 is 28.5 Å². The molecule has 1 N–H and O–H groups in total. The number of carboxylic acid groups (broad SMARTS) is 1. The van der Waals surface area contributed by atoms with Gasteiger partial charge < -0.3 is 5.11 Å². The molecule has 0 radical (unpaired) electrons. The molecule has 180 valence electrons. The number of aromatic carboxylic acids is 1. The molecule has 0 aliphatic heterocycles. The first kappa shape index (κ1) is 24.7. The molecule has 0 aliphatic carbocycles. The van der Waals surface area contributed by atoms with Crippen molar-refractivity contribution in [3.8, 4) is 0 Å². The van der Waals surface area contributed by atoms with Crippen molar-refractivity contribution in [2.24, 2.45) is 0 Å². The Morgan fingerprint density at radius 3 is 2.20 bits per heavy atom. The van der Waals surface area contributed by atoms with Crippen LogP contribution in [-0.4, -0.2) is 16.1 Å². The van der Waals surface area contributed by atoms with Crippen LogP contribution in [-0.2, 0) is 6.18 Å². The predicted octanol–water partition coefficient (Wildman–Crippen LogP) is 8.32. The van der Waals surface area contributed by atoms with Gasteiger partial charge in [-0.15, -0.1) is 0 Å². The van der Waals surface area contributed by atoms with Crippen LogP contribution in [0.15, 0.2) is 79.0 Å². The van der Waals surface area contributed by atoms with Crippen LogP contribution in [0.1, 0.15) is 64.2 Å². The molecule has 0 spiro atoms. The highest BCUT2D eigenvalue weighted by Gasteiger charge is 2.31. The molecule has 35 heavy (non-hydrogen) atoms. The molecule has 3 aromatic carbocycles. The van der Waals surface area contributed by atoms with Gasteiger partial charge in [0.05, 0.1) is 16.6 Å². The van der Waals surface area contributed by atoms with Gasteiger partial charge in [-0.3, -0.25) is 4.98 Å². The SMILES string of the molecule is CCCC(c1ccc(C(=O)O)cc1)C(c1ccc(Cl)cc1)c1cnc2cc(C(F)(F)F)ccc2c1. The number of aromatic nitrogens is 1. The Kier molecular flexibility index (Phi) is 7.13. The average Bonchev–Trinajstić information content (AvgIpc) is 2.84. The molecule has 1 aromatic heterocycles. The van der Waals surface area contributed by atoms with E-state index in [-0.39, 0.29) is 22.9 Å². The maximum absolute atomic E-state index is 13.2. The zero-order valence-corrected chi connectivity index (χ0v) is 19.6. The van der Waals surface area contributed by atoms with E-state index in [2.05, 4.69) is 11.9 Å². The molecule has 4 rings (SSSR count). The Labute approximate surface area is 206 Å². The van der Waals surface area contributed by atoms with E-state index in [1.54, 1.807) is 18.3 Å². The average molecular weight is 498 g/mol. The van der Waals surface area contributed by atoms with Crippen LogP contribution in [0.25, 0.3) is 10.9 Å². The van der Waals surface area contributed by atoms with Crippen LogP contribution in [0.3, 0.4) is 0 Å². The van der Waals surface area contributed by atoms with Crippen LogP contribution in [0.4, 0.5) is 13.2 Å². The third-order valence-corrected chi connectivity index (χ3v) is 6.46. The summed E-state index contributed by atoms with van der Waals surface area (Å²) in [5, 5.41) is 10.5. The van der Waals surface area contributed by atoms with Crippen molar-refractivity contribution in [3.63, 3.8) is 0 Å². The van der Waals surface area contributed by atoms with Crippen molar-refractivity contribution in [1.82, 2.24) is 4.98 Å². The lowest BCUT2D eigenvalue weighted by Gasteiger charge is -2.29. The molecule has 0 amide bonds. The number of hydrogen-bond acceptors (Lipinski definition) is 2. The molecular weight excluding hydrogens is 475 g/mol. The highest BCUT2D eigenvalue weighted by atomic mass is 35.5. The van der Waals surface area contributed by atoms with Gasteiger partial charge in [0, 0.05) is 22.5 Å². The maximum Gasteiger partial charge on any atom is 0.416 e. The van der Waals surface area contributed by atoms with Crippen LogP contribution >= 0.6 is 11.6 Å². The summed E-state index contributed by atoms with van der Waals surface area (Å²) < 4.78 is 39.5. The smallest absolute Gasteiger partial charge is 0.416 e. The topological polar surface area (TPSA) is 50.2 Å². The van der Waals surface area contributed by atoms with E-state index in [0.29, 0.717) is 10.4 Å². The lowest BCUT2D eigenvalue weighted by atomic mass is 9.75. The molecule has 1 heterocycles. The third-order valence-electron chi connectivity index (χ3n) is 6.21. The summed E-state index contributed by atoms with van der Waals surface area (Å²) in [7, 11) is 0. The molecule has 0 bridgehead atoms.